The maximum Gasteiger partial charge on any atom is 0.339 e. The lowest BCUT2D eigenvalue weighted by Crippen LogP contribution is -2.44. The predicted molar refractivity (Wildman–Crippen MR) is 149 cm³/mol. The number of esters is 1. The molecule has 0 radical (unpaired) electrons. The van der Waals surface area contributed by atoms with Crippen LogP contribution >= 0.6 is 11.3 Å². The molecule has 1 fully saturated rings. The fourth-order valence-electron chi connectivity index (χ4n) is 4.50. The van der Waals surface area contributed by atoms with Gasteiger partial charge in [0.25, 0.3) is 0 Å². The van der Waals surface area contributed by atoms with Gasteiger partial charge < -0.3 is 29.9 Å². The van der Waals surface area contributed by atoms with Crippen LogP contribution in [0.1, 0.15) is 19.8 Å². The Morgan fingerprint density at radius 3 is 2.68 bits per heavy atom. The third-order valence-electron chi connectivity index (χ3n) is 6.50. The summed E-state index contributed by atoms with van der Waals surface area (Å²) >= 11 is 1.55. The number of carbonyl (C=O) groups excluding carboxylic acids is 1. The van der Waals surface area contributed by atoms with Crippen LogP contribution in [0.3, 0.4) is 0 Å². The molecule has 2 aliphatic rings. The summed E-state index contributed by atoms with van der Waals surface area (Å²) in [5.41, 5.74) is 3.98. The lowest BCUT2D eigenvalue weighted by Gasteiger charge is -2.34. The van der Waals surface area contributed by atoms with Crippen LogP contribution in [-0.2, 0) is 9.53 Å². The van der Waals surface area contributed by atoms with Crippen molar-refractivity contribution in [3.05, 3.63) is 53.1 Å². The van der Waals surface area contributed by atoms with Crippen molar-refractivity contribution < 1.29 is 14.3 Å². The highest BCUT2D eigenvalue weighted by Crippen LogP contribution is 2.35. The van der Waals surface area contributed by atoms with Gasteiger partial charge in [0, 0.05) is 43.6 Å². The number of allylic oxidation sites excluding steroid dienone is 2. The second kappa shape index (κ2) is 11.2. The average Bonchev–Trinajstić information content (AvgIpc) is 3.39. The summed E-state index contributed by atoms with van der Waals surface area (Å²) in [6, 6.07) is 8.18. The van der Waals surface area contributed by atoms with Gasteiger partial charge in [0.15, 0.2) is 5.82 Å². The summed E-state index contributed by atoms with van der Waals surface area (Å²) in [4.78, 5) is 26.6. The molecule has 1 aliphatic heterocycles. The number of ether oxygens (including phenoxy) is 2. The van der Waals surface area contributed by atoms with Gasteiger partial charge in [0.05, 0.1) is 35.2 Å². The SMILES string of the molecule is CCOc1cc(N2CCN(C)CC2)ccc1Nc1nc(NC2=CCCC=C2C(=O)OC)c2sccc2n1. The lowest BCUT2D eigenvalue weighted by molar-refractivity contribution is -0.135. The van der Waals surface area contributed by atoms with Gasteiger partial charge in [-0.3, -0.25) is 0 Å². The molecule has 3 heterocycles. The molecule has 3 aromatic rings. The largest absolute Gasteiger partial charge is 0.492 e. The van der Waals surface area contributed by atoms with E-state index in [0.717, 1.165) is 66.4 Å². The number of nitrogens with one attached hydrogen (secondary N) is 2. The highest BCUT2D eigenvalue weighted by molar-refractivity contribution is 7.17. The van der Waals surface area contributed by atoms with Crippen molar-refractivity contribution in [2.75, 3.05) is 62.5 Å². The highest BCUT2D eigenvalue weighted by atomic mass is 32.1. The van der Waals surface area contributed by atoms with E-state index in [4.69, 9.17) is 19.4 Å². The molecule has 0 amide bonds. The minimum atomic E-state index is -0.366. The van der Waals surface area contributed by atoms with Gasteiger partial charge in [0.2, 0.25) is 5.95 Å². The van der Waals surface area contributed by atoms with Crippen LogP contribution in [0.4, 0.5) is 23.1 Å². The smallest absolute Gasteiger partial charge is 0.339 e. The number of hydrogen-bond donors (Lipinski definition) is 2. The Hall–Kier alpha value is -3.63. The number of anilines is 4. The first kappa shape index (κ1) is 25.0. The molecule has 10 heteroatoms. The summed E-state index contributed by atoms with van der Waals surface area (Å²) in [5, 5.41) is 8.71. The van der Waals surface area contributed by atoms with Gasteiger partial charge >= 0.3 is 5.97 Å². The Labute approximate surface area is 220 Å². The molecule has 0 bridgehead atoms. The van der Waals surface area contributed by atoms with E-state index >= 15 is 0 Å². The molecule has 0 spiro atoms. The summed E-state index contributed by atoms with van der Waals surface area (Å²) in [5.74, 6) is 1.47. The minimum absolute atomic E-state index is 0.366. The van der Waals surface area contributed by atoms with Crippen LogP contribution in [0.5, 0.6) is 5.75 Å². The molecule has 1 aliphatic carbocycles. The fourth-order valence-corrected chi connectivity index (χ4v) is 5.28. The Balaban J connectivity index is 1.43. The van der Waals surface area contributed by atoms with E-state index in [0.29, 0.717) is 29.6 Å². The third kappa shape index (κ3) is 5.55. The van der Waals surface area contributed by atoms with Gasteiger partial charge in [-0.1, -0.05) is 12.2 Å². The number of likely N-dealkylation sites (N-methyl/N-ethyl adjacent to an activating group) is 1. The molecule has 5 rings (SSSR count). The van der Waals surface area contributed by atoms with E-state index in [1.54, 1.807) is 11.3 Å². The molecule has 0 saturated carbocycles. The van der Waals surface area contributed by atoms with Crippen molar-refractivity contribution >= 4 is 50.7 Å². The van der Waals surface area contributed by atoms with Crippen molar-refractivity contribution in [3.63, 3.8) is 0 Å². The Kier molecular flexibility index (Phi) is 7.57. The number of benzene rings is 1. The van der Waals surface area contributed by atoms with Crippen LogP contribution in [0.2, 0.25) is 0 Å². The first-order chi connectivity index (χ1) is 18.1. The van der Waals surface area contributed by atoms with Crippen molar-refractivity contribution in [1.29, 1.82) is 0 Å². The molecule has 0 atom stereocenters. The zero-order valence-corrected chi connectivity index (χ0v) is 22.2. The zero-order valence-electron chi connectivity index (χ0n) is 21.4. The molecule has 2 N–H and O–H groups in total. The number of methoxy groups -OCH3 is 1. The number of fused-ring (bicyclic) bond motifs is 1. The quantitative estimate of drug-likeness (QED) is 0.407. The molecule has 0 unspecified atom stereocenters. The number of hydrogen-bond acceptors (Lipinski definition) is 10. The fraction of sp³-hybridized carbons (Fsp3) is 0.370. The Morgan fingerprint density at radius 1 is 1.08 bits per heavy atom. The van der Waals surface area contributed by atoms with Crippen LogP contribution in [0.15, 0.2) is 53.1 Å². The summed E-state index contributed by atoms with van der Waals surface area (Å²) < 4.78 is 11.9. The van der Waals surface area contributed by atoms with E-state index in [1.807, 2.05) is 36.6 Å². The summed E-state index contributed by atoms with van der Waals surface area (Å²) in [6.45, 7) is 6.58. The van der Waals surface area contributed by atoms with Crippen molar-refractivity contribution in [3.8, 4) is 5.75 Å². The minimum Gasteiger partial charge on any atom is -0.492 e. The standard InChI is InChI=1S/C27H32N6O3S/c1-4-36-23-17-18(33-14-12-32(2)13-15-33)9-10-21(23)29-27-30-22-11-16-37-24(22)25(31-27)28-20-8-6-5-7-19(20)26(34)35-3/h7-11,16-17H,4-6,12-15H2,1-3H3,(H2,28,29,30,31). The normalized spacial score (nSPS) is 16.2. The third-order valence-corrected chi connectivity index (χ3v) is 7.41. The highest BCUT2D eigenvalue weighted by Gasteiger charge is 2.21. The molecular formula is C27H32N6O3S. The van der Waals surface area contributed by atoms with Gasteiger partial charge in [-0.15, -0.1) is 11.3 Å². The number of carbonyl (C=O) groups is 1. The Bertz CT molecular complexity index is 1340. The molecule has 194 valence electrons. The second-order valence-corrected chi connectivity index (χ2v) is 9.91. The van der Waals surface area contributed by atoms with Crippen LogP contribution in [-0.4, -0.2) is 67.8 Å². The number of piperazine rings is 1. The van der Waals surface area contributed by atoms with Crippen LogP contribution in [0, 0.1) is 0 Å². The van der Waals surface area contributed by atoms with Gasteiger partial charge in [-0.25, -0.2) is 9.78 Å². The first-order valence-corrected chi connectivity index (χ1v) is 13.4. The van der Waals surface area contributed by atoms with E-state index in [1.165, 1.54) is 7.11 Å². The van der Waals surface area contributed by atoms with Crippen molar-refractivity contribution in [2.45, 2.75) is 19.8 Å². The second-order valence-electron chi connectivity index (χ2n) is 8.99. The predicted octanol–water partition coefficient (Wildman–Crippen LogP) is 4.77. The van der Waals surface area contributed by atoms with Gasteiger partial charge in [-0.05, 0) is 50.4 Å². The molecule has 1 saturated heterocycles. The Morgan fingerprint density at radius 2 is 1.89 bits per heavy atom. The van der Waals surface area contributed by atoms with E-state index in [9.17, 15) is 4.79 Å². The molecule has 9 nitrogen and oxygen atoms in total. The van der Waals surface area contributed by atoms with E-state index in [-0.39, 0.29) is 5.97 Å². The monoisotopic (exact) mass is 520 g/mol. The average molecular weight is 521 g/mol. The topological polar surface area (TPSA) is 91.9 Å². The lowest BCUT2D eigenvalue weighted by atomic mass is 10.0. The van der Waals surface area contributed by atoms with Crippen LogP contribution in [0.25, 0.3) is 10.2 Å². The van der Waals surface area contributed by atoms with Gasteiger partial charge in [0.1, 0.15) is 5.75 Å². The summed E-state index contributed by atoms with van der Waals surface area (Å²) in [6.07, 6.45) is 5.54. The summed E-state index contributed by atoms with van der Waals surface area (Å²) in [7, 11) is 3.55. The number of rotatable bonds is 8. The van der Waals surface area contributed by atoms with E-state index in [2.05, 4.69) is 39.6 Å². The molecule has 37 heavy (non-hydrogen) atoms. The number of aromatic nitrogens is 2. The van der Waals surface area contributed by atoms with Crippen LogP contribution < -0.4 is 20.3 Å². The van der Waals surface area contributed by atoms with Gasteiger partial charge in [-0.2, -0.15) is 4.98 Å². The van der Waals surface area contributed by atoms with Crippen molar-refractivity contribution in [1.82, 2.24) is 14.9 Å². The van der Waals surface area contributed by atoms with E-state index < -0.39 is 0 Å². The number of thiophene rings is 1. The molecule has 1 aromatic carbocycles. The maximum absolute atomic E-state index is 12.3. The molecular weight excluding hydrogens is 488 g/mol. The zero-order chi connectivity index (χ0) is 25.8. The first-order valence-electron chi connectivity index (χ1n) is 12.5. The molecule has 2 aromatic heterocycles. The number of nitrogens with zero attached hydrogens (tertiary/aromatic N) is 4. The van der Waals surface area contributed by atoms with Crippen molar-refractivity contribution in [2.24, 2.45) is 0 Å². The maximum atomic E-state index is 12.3.